The van der Waals surface area contributed by atoms with Crippen molar-refractivity contribution in [1.29, 1.82) is 0 Å². The van der Waals surface area contributed by atoms with Gasteiger partial charge in [0.15, 0.2) is 5.58 Å². The summed E-state index contributed by atoms with van der Waals surface area (Å²) in [5.41, 5.74) is 8.17. The van der Waals surface area contributed by atoms with E-state index >= 15 is 0 Å². The molecule has 20 heavy (non-hydrogen) atoms. The van der Waals surface area contributed by atoms with E-state index in [1.807, 2.05) is 18.2 Å². The Bertz CT molecular complexity index is 584. The number of rotatable bonds is 3. The van der Waals surface area contributed by atoms with Crippen LogP contribution in [0.15, 0.2) is 22.6 Å². The molecule has 4 nitrogen and oxygen atoms in total. The molecule has 0 aliphatic heterocycles. The van der Waals surface area contributed by atoms with Crippen molar-refractivity contribution in [3.8, 4) is 0 Å². The zero-order chi connectivity index (χ0) is 14.1. The fourth-order valence-corrected chi connectivity index (χ4v) is 3.09. The van der Waals surface area contributed by atoms with E-state index in [4.69, 9.17) is 10.2 Å². The van der Waals surface area contributed by atoms with E-state index in [1.54, 1.807) is 0 Å². The molecule has 0 radical (unpaired) electrons. The lowest BCUT2D eigenvalue weighted by Crippen LogP contribution is -2.34. The van der Waals surface area contributed by atoms with Crippen molar-refractivity contribution in [3.63, 3.8) is 0 Å². The van der Waals surface area contributed by atoms with Gasteiger partial charge in [-0.05, 0) is 56.8 Å². The molecule has 2 N–H and O–H groups in total. The number of benzene rings is 1. The van der Waals surface area contributed by atoms with E-state index in [2.05, 4.69) is 23.9 Å². The Morgan fingerprint density at radius 3 is 2.80 bits per heavy atom. The molecule has 1 heterocycles. The van der Waals surface area contributed by atoms with Gasteiger partial charge in [0.1, 0.15) is 5.52 Å². The molecule has 1 aromatic heterocycles. The number of nitrogen functional groups attached to an aromatic ring is 1. The summed E-state index contributed by atoms with van der Waals surface area (Å²) >= 11 is 0. The molecule has 3 rings (SSSR count). The number of aromatic nitrogens is 1. The minimum absolute atomic E-state index is 0.659. The second kappa shape index (κ2) is 5.44. The van der Waals surface area contributed by atoms with Crippen molar-refractivity contribution >= 4 is 16.8 Å². The van der Waals surface area contributed by atoms with Crippen LogP contribution in [0.3, 0.4) is 0 Å². The third-order valence-corrected chi connectivity index (χ3v) is 4.45. The Labute approximate surface area is 120 Å². The summed E-state index contributed by atoms with van der Waals surface area (Å²) in [5, 5.41) is 0. The molecule has 0 atom stereocenters. The summed E-state index contributed by atoms with van der Waals surface area (Å²) in [6.45, 7) is 3.12. The average Bonchev–Trinajstić information content (AvgIpc) is 2.80. The first-order valence-corrected chi connectivity index (χ1v) is 7.47. The lowest BCUT2D eigenvalue weighted by Gasteiger charge is -2.32. The van der Waals surface area contributed by atoms with Gasteiger partial charge in [0.25, 0.3) is 0 Å². The topological polar surface area (TPSA) is 55.3 Å². The molecule has 1 aromatic carbocycles. The molecule has 0 unspecified atom stereocenters. The number of hydrogen-bond donors (Lipinski definition) is 1. The summed E-state index contributed by atoms with van der Waals surface area (Å²) < 4.78 is 5.80. The minimum Gasteiger partial charge on any atom is -0.439 e. The quantitative estimate of drug-likeness (QED) is 0.871. The summed E-state index contributed by atoms with van der Waals surface area (Å²) in [4.78, 5) is 6.91. The van der Waals surface area contributed by atoms with E-state index in [0.717, 1.165) is 35.1 Å². The van der Waals surface area contributed by atoms with Crippen molar-refractivity contribution in [2.45, 2.75) is 45.2 Å². The lowest BCUT2D eigenvalue weighted by molar-refractivity contribution is 0.153. The van der Waals surface area contributed by atoms with Crippen molar-refractivity contribution in [1.82, 2.24) is 9.88 Å². The molecule has 0 bridgehead atoms. The van der Waals surface area contributed by atoms with Crippen molar-refractivity contribution < 1.29 is 4.42 Å². The second-order valence-electron chi connectivity index (χ2n) is 6.16. The first-order chi connectivity index (χ1) is 9.61. The fraction of sp³-hybridized carbons (Fsp3) is 0.562. The summed E-state index contributed by atoms with van der Waals surface area (Å²) in [6, 6.07) is 6.27. The number of nitrogens with two attached hydrogens (primary N) is 1. The Kier molecular flexibility index (Phi) is 3.66. The molecular weight excluding hydrogens is 250 g/mol. The molecule has 0 amide bonds. The number of fused-ring (bicyclic) bond motifs is 1. The van der Waals surface area contributed by atoms with E-state index in [1.165, 1.54) is 25.7 Å². The Morgan fingerprint density at radius 1 is 1.30 bits per heavy atom. The maximum absolute atomic E-state index is 5.80. The van der Waals surface area contributed by atoms with E-state index in [9.17, 15) is 0 Å². The van der Waals surface area contributed by atoms with Gasteiger partial charge < -0.3 is 10.2 Å². The predicted molar refractivity (Wildman–Crippen MR) is 81.3 cm³/mol. The zero-order valence-electron chi connectivity index (χ0n) is 12.3. The number of hydrogen-bond acceptors (Lipinski definition) is 4. The van der Waals surface area contributed by atoms with Gasteiger partial charge in [0.2, 0.25) is 5.89 Å². The number of nitrogens with zero attached hydrogens (tertiary/aromatic N) is 2. The standard InChI is InChI=1S/C16H23N3O/c1-11-3-6-13(7-4-11)19(2)10-16-18-14-9-12(17)5-8-15(14)20-16/h5,8-9,11,13H,3-4,6-7,10,17H2,1-2H3. The molecular formula is C16H23N3O. The summed E-state index contributed by atoms with van der Waals surface area (Å²) in [6.07, 6.45) is 5.23. The van der Waals surface area contributed by atoms with Crippen molar-refractivity contribution in [2.24, 2.45) is 5.92 Å². The van der Waals surface area contributed by atoms with Crippen LogP contribution in [0.2, 0.25) is 0 Å². The van der Waals surface area contributed by atoms with E-state index < -0.39 is 0 Å². The van der Waals surface area contributed by atoms with Crippen LogP contribution in [-0.4, -0.2) is 23.0 Å². The number of oxazole rings is 1. The van der Waals surface area contributed by atoms with Crippen LogP contribution in [0.4, 0.5) is 5.69 Å². The molecule has 1 saturated carbocycles. The lowest BCUT2D eigenvalue weighted by atomic mass is 9.87. The molecule has 1 aliphatic carbocycles. The van der Waals surface area contributed by atoms with Gasteiger partial charge in [0, 0.05) is 11.7 Å². The highest BCUT2D eigenvalue weighted by molar-refractivity contribution is 5.76. The van der Waals surface area contributed by atoms with Crippen LogP contribution >= 0.6 is 0 Å². The normalized spacial score (nSPS) is 23.6. The zero-order valence-corrected chi connectivity index (χ0v) is 12.3. The molecule has 4 heteroatoms. The van der Waals surface area contributed by atoms with E-state index in [0.29, 0.717) is 6.04 Å². The van der Waals surface area contributed by atoms with Gasteiger partial charge in [-0.3, -0.25) is 4.90 Å². The Balaban J connectivity index is 1.69. The Morgan fingerprint density at radius 2 is 2.05 bits per heavy atom. The monoisotopic (exact) mass is 273 g/mol. The highest BCUT2D eigenvalue weighted by atomic mass is 16.3. The van der Waals surface area contributed by atoms with Crippen LogP contribution in [-0.2, 0) is 6.54 Å². The first kappa shape index (κ1) is 13.4. The van der Waals surface area contributed by atoms with Gasteiger partial charge in [-0.25, -0.2) is 4.98 Å². The van der Waals surface area contributed by atoms with Gasteiger partial charge in [-0.15, -0.1) is 0 Å². The fourth-order valence-electron chi connectivity index (χ4n) is 3.09. The number of anilines is 1. The highest BCUT2D eigenvalue weighted by Crippen LogP contribution is 2.27. The second-order valence-corrected chi connectivity index (χ2v) is 6.16. The maximum Gasteiger partial charge on any atom is 0.209 e. The highest BCUT2D eigenvalue weighted by Gasteiger charge is 2.22. The molecule has 2 aromatic rings. The first-order valence-electron chi connectivity index (χ1n) is 7.47. The van der Waals surface area contributed by atoms with Gasteiger partial charge in [-0.1, -0.05) is 6.92 Å². The molecule has 0 saturated heterocycles. The minimum atomic E-state index is 0.659. The third kappa shape index (κ3) is 2.80. The molecule has 1 fully saturated rings. The third-order valence-electron chi connectivity index (χ3n) is 4.45. The molecule has 108 valence electrons. The van der Waals surface area contributed by atoms with Crippen LogP contribution in [0.5, 0.6) is 0 Å². The van der Waals surface area contributed by atoms with Crippen LogP contribution < -0.4 is 5.73 Å². The summed E-state index contributed by atoms with van der Waals surface area (Å²) in [7, 11) is 2.17. The van der Waals surface area contributed by atoms with Gasteiger partial charge in [0.05, 0.1) is 6.54 Å². The van der Waals surface area contributed by atoms with Gasteiger partial charge in [-0.2, -0.15) is 0 Å². The maximum atomic E-state index is 5.80. The smallest absolute Gasteiger partial charge is 0.209 e. The van der Waals surface area contributed by atoms with E-state index in [-0.39, 0.29) is 0 Å². The average molecular weight is 273 g/mol. The predicted octanol–water partition coefficient (Wildman–Crippen LogP) is 3.42. The van der Waals surface area contributed by atoms with Crippen molar-refractivity contribution in [2.75, 3.05) is 12.8 Å². The van der Waals surface area contributed by atoms with Gasteiger partial charge >= 0.3 is 0 Å². The van der Waals surface area contributed by atoms with Crippen molar-refractivity contribution in [3.05, 3.63) is 24.1 Å². The largest absolute Gasteiger partial charge is 0.439 e. The summed E-state index contributed by atoms with van der Waals surface area (Å²) in [5.74, 6) is 1.67. The Hall–Kier alpha value is -1.55. The van der Waals surface area contributed by atoms with Crippen LogP contribution in [0.25, 0.3) is 11.1 Å². The molecule has 1 aliphatic rings. The van der Waals surface area contributed by atoms with Crippen LogP contribution in [0, 0.1) is 5.92 Å². The molecule has 0 spiro atoms. The van der Waals surface area contributed by atoms with Crippen LogP contribution in [0.1, 0.15) is 38.5 Å². The SMILES string of the molecule is CC1CCC(N(C)Cc2nc3cc(N)ccc3o2)CC1.